The summed E-state index contributed by atoms with van der Waals surface area (Å²) in [6, 6.07) is 9.48. The van der Waals surface area contributed by atoms with Crippen LogP contribution in [0.3, 0.4) is 0 Å². The van der Waals surface area contributed by atoms with Gasteiger partial charge in [0.15, 0.2) is 5.96 Å². The highest BCUT2D eigenvalue weighted by Crippen LogP contribution is 2.25. The maximum Gasteiger partial charge on any atom is 0.194 e. The fourth-order valence-corrected chi connectivity index (χ4v) is 3.78. The van der Waals surface area contributed by atoms with Gasteiger partial charge in [-0.1, -0.05) is 41.1 Å². The van der Waals surface area contributed by atoms with Gasteiger partial charge >= 0.3 is 0 Å². The van der Waals surface area contributed by atoms with Crippen LogP contribution in [-0.2, 0) is 6.42 Å². The summed E-state index contributed by atoms with van der Waals surface area (Å²) in [6.07, 6.45) is 3.64. The molecule has 1 saturated heterocycles. The minimum absolute atomic E-state index is 0.387. The second kappa shape index (κ2) is 6.39. The summed E-state index contributed by atoms with van der Waals surface area (Å²) in [5.41, 5.74) is 1.35. The van der Waals surface area contributed by atoms with Crippen molar-refractivity contribution in [2.24, 2.45) is 10.9 Å². The molecular weight excluding hydrogens is 326 g/mol. The van der Waals surface area contributed by atoms with Crippen molar-refractivity contribution >= 4 is 21.9 Å². The lowest BCUT2D eigenvalue weighted by Gasteiger charge is -2.36. The molecular formula is C17H24BrN3. The van der Waals surface area contributed by atoms with Gasteiger partial charge in [0.05, 0.1) is 12.6 Å². The van der Waals surface area contributed by atoms with Gasteiger partial charge in [0.2, 0.25) is 0 Å². The van der Waals surface area contributed by atoms with E-state index in [1.165, 1.54) is 22.9 Å². The summed E-state index contributed by atoms with van der Waals surface area (Å²) in [4.78, 5) is 7.23. The highest BCUT2D eigenvalue weighted by molar-refractivity contribution is 9.10. The molecule has 0 bridgehead atoms. The van der Waals surface area contributed by atoms with Gasteiger partial charge < -0.3 is 10.2 Å². The van der Waals surface area contributed by atoms with E-state index in [1.54, 1.807) is 0 Å². The van der Waals surface area contributed by atoms with E-state index in [1.807, 2.05) is 0 Å². The average molecular weight is 350 g/mol. The van der Waals surface area contributed by atoms with Crippen molar-refractivity contribution in [3.8, 4) is 0 Å². The SMILES string of the molecule is CC1CCC2CN=C(NC(C)Cc3ccccc3Br)N2C1. The molecule has 1 aromatic carbocycles. The van der Waals surface area contributed by atoms with Crippen LogP contribution in [0.2, 0.25) is 0 Å². The zero-order chi connectivity index (χ0) is 14.8. The van der Waals surface area contributed by atoms with Crippen molar-refractivity contribution in [1.82, 2.24) is 10.2 Å². The Bertz CT molecular complexity index is 529. The molecule has 0 aromatic heterocycles. The quantitative estimate of drug-likeness (QED) is 0.904. The first kappa shape index (κ1) is 14.9. The number of benzene rings is 1. The minimum Gasteiger partial charge on any atom is -0.353 e. The topological polar surface area (TPSA) is 27.6 Å². The smallest absolute Gasteiger partial charge is 0.194 e. The van der Waals surface area contributed by atoms with Crippen LogP contribution in [0.15, 0.2) is 33.7 Å². The van der Waals surface area contributed by atoms with E-state index in [9.17, 15) is 0 Å². The van der Waals surface area contributed by atoms with Crippen LogP contribution >= 0.6 is 15.9 Å². The number of piperidine rings is 1. The normalized spacial score (nSPS) is 26.2. The number of nitrogens with zero attached hydrogens (tertiary/aromatic N) is 2. The second-order valence-electron chi connectivity index (χ2n) is 6.49. The Labute approximate surface area is 136 Å². The van der Waals surface area contributed by atoms with Gasteiger partial charge in [-0.15, -0.1) is 0 Å². The Morgan fingerprint density at radius 3 is 3.00 bits per heavy atom. The maximum absolute atomic E-state index is 4.74. The van der Waals surface area contributed by atoms with Crippen molar-refractivity contribution in [3.63, 3.8) is 0 Å². The Balaban J connectivity index is 1.60. The lowest BCUT2D eigenvalue weighted by molar-refractivity contribution is 0.210. The monoisotopic (exact) mass is 349 g/mol. The largest absolute Gasteiger partial charge is 0.353 e. The zero-order valence-electron chi connectivity index (χ0n) is 12.8. The molecule has 1 aromatic rings. The molecule has 1 fully saturated rings. The summed E-state index contributed by atoms with van der Waals surface area (Å²) < 4.78 is 1.19. The van der Waals surface area contributed by atoms with Crippen LogP contribution < -0.4 is 5.32 Å². The van der Waals surface area contributed by atoms with Gasteiger partial charge in [0.25, 0.3) is 0 Å². The molecule has 0 radical (unpaired) electrons. The Hall–Kier alpha value is -1.03. The molecule has 3 nitrogen and oxygen atoms in total. The third-order valence-electron chi connectivity index (χ3n) is 4.53. The lowest BCUT2D eigenvalue weighted by Crippen LogP contribution is -2.50. The van der Waals surface area contributed by atoms with E-state index in [2.05, 4.69) is 64.3 Å². The summed E-state index contributed by atoms with van der Waals surface area (Å²) >= 11 is 3.63. The van der Waals surface area contributed by atoms with E-state index in [-0.39, 0.29) is 0 Å². The summed E-state index contributed by atoms with van der Waals surface area (Å²) in [5.74, 6) is 1.90. The predicted octanol–water partition coefficient (Wildman–Crippen LogP) is 3.44. The molecule has 2 aliphatic rings. The number of hydrogen-bond acceptors (Lipinski definition) is 3. The Kier molecular flexibility index (Phi) is 4.53. The molecule has 1 N–H and O–H groups in total. The van der Waals surface area contributed by atoms with Crippen LogP contribution in [0.25, 0.3) is 0 Å². The van der Waals surface area contributed by atoms with Gasteiger partial charge in [0.1, 0.15) is 0 Å². The summed E-state index contributed by atoms with van der Waals surface area (Å²) in [7, 11) is 0. The first-order valence-electron chi connectivity index (χ1n) is 7.94. The van der Waals surface area contributed by atoms with Gasteiger partial charge in [-0.2, -0.15) is 0 Å². The first-order chi connectivity index (χ1) is 10.1. The van der Waals surface area contributed by atoms with Crippen LogP contribution in [0.5, 0.6) is 0 Å². The predicted molar refractivity (Wildman–Crippen MR) is 91.6 cm³/mol. The number of fused-ring (bicyclic) bond motifs is 1. The van der Waals surface area contributed by atoms with E-state index >= 15 is 0 Å². The molecule has 3 atom stereocenters. The highest BCUT2D eigenvalue weighted by Gasteiger charge is 2.32. The van der Waals surface area contributed by atoms with E-state index in [4.69, 9.17) is 4.99 Å². The van der Waals surface area contributed by atoms with Crippen molar-refractivity contribution in [3.05, 3.63) is 34.3 Å². The van der Waals surface area contributed by atoms with E-state index in [0.717, 1.165) is 31.4 Å². The van der Waals surface area contributed by atoms with Crippen molar-refractivity contribution in [2.45, 2.75) is 45.2 Å². The van der Waals surface area contributed by atoms with E-state index < -0.39 is 0 Å². The second-order valence-corrected chi connectivity index (χ2v) is 7.35. The lowest BCUT2D eigenvalue weighted by atomic mass is 9.95. The van der Waals surface area contributed by atoms with Crippen LogP contribution in [0, 0.1) is 5.92 Å². The molecule has 3 unspecified atom stereocenters. The third kappa shape index (κ3) is 3.42. The number of aliphatic imine (C=N–C) groups is 1. The van der Waals surface area contributed by atoms with Crippen LogP contribution in [0.1, 0.15) is 32.3 Å². The molecule has 4 heteroatoms. The zero-order valence-corrected chi connectivity index (χ0v) is 14.4. The molecule has 21 heavy (non-hydrogen) atoms. The fourth-order valence-electron chi connectivity index (χ4n) is 3.33. The molecule has 0 spiro atoms. The average Bonchev–Trinajstić information content (AvgIpc) is 2.84. The molecule has 2 aliphatic heterocycles. The van der Waals surface area contributed by atoms with Crippen molar-refractivity contribution in [1.29, 1.82) is 0 Å². The maximum atomic E-state index is 4.74. The molecule has 0 aliphatic carbocycles. The fraction of sp³-hybridized carbons (Fsp3) is 0.588. The molecule has 114 valence electrons. The van der Waals surface area contributed by atoms with Gasteiger partial charge in [-0.25, -0.2) is 0 Å². The van der Waals surface area contributed by atoms with Crippen molar-refractivity contribution in [2.75, 3.05) is 13.1 Å². The third-order valence-corrected chi connectivity index (χ3v) is 5.30. The van der Waals surface area contributed by atoms with Crippen LogP contribution in [-0.4, -0.2) is 36.0 Å². The summed E-state index contributed by atoms with van der Waals surface area (Å²) in [6.45, 7) is 6.70. The van der Waals surface area contributed by atoms with Gasteiger partial charge in [0, 0.05) is 17.1 Å². The standard InChI is InChI=1S/C17H24BrN3/c1-12-7-8-15-10-19-17(21(15)11-12)20-13(2)9-14-5-3-4-6-16(14)18/h3-6,12-13,15H,7-11H2,1-2H3,(H,19,20). The first-order valence-corrected chi connectivity index (χ1v) is 8.74. The van der Waals surface area contributed by atoms with Crippen LogP contribution in [0.4, 0.5) is 0 Å². The van der Waals surface area contributed by atoms with Gasteiger partial charge in [-0.05, 0) is 43.7 Å². The number of guanidine groups is 1. The molecule has 3 rings (SSSR count). The Morgan fingerprint density at radius 2 is 2.19 bits per heavy atom. The highest BCUT2D eigenvalue weighted by atomic mass is 79.9. The minimum atomic E-state index is 0.387. The van der Waals surface area contributed by atoms with E-state index in [0.29, 0.717) is 12.1 Å². The molecule has 2 heterocycles. The Morgan fingerprint density at radius 1 is 1.38 bits per heavy atom. The number of nitrogens with one attached hydrogen (secondary N) is 1. The summed E-state index contributed by atoms with van der Waals surface area (Å²) in [5, 5.41) is 3.63. The number of halogens is 1. The number of hydrogen-bond donors (Lipinski definition) is 1. The van der Waals surface area contributed by atoms with Crippen molar-refractivity contribution < 1.29 is 0 Å². The number of rotatable bonds is 3. The molecule has 0 amide bonds. The molecule has 0 saturated carbocycles. The van der Waals surface area contributed by atoms with Gasteiger partial charge in [-0.3, -0.25) is 4.99 Å².